The summed E-state index contributed by atoms with van der Waals surface area (Å²) in [4.78, 5) is 11.0. The number of anilines is 1. The molecule has 1 unspecified atom stereocenters. The molecule has 1 fully saturated rings. The average molecular weight is 473 g/mol. The van der Waals surface area contributed by atoms with Crippen molar-refractivity contribution in [3.63, 3.8) is 0 Å². The van der Waals surface area contributed by atoms with Gasteiger partial charge >= 0.3 is 6.18 Å². The Morgan fingerprint density at radius 1 is 1.03 bits per heavy atom. The second kappa shape index (κ2) is 8.03. The maximum Gasteiger partial charge on any atom is 0.426 e. The van der Waals surface area contributed by atoms with Crippen molar-refractivity contribution < 1.29 is 22.0 Å². The number of fused-ring (bicyclic) bond motifs is 3. The molecule has 3 nitrogen and oxygen atoms in total. The summed E-state index contributed by atoms with van der Waals surface area (Å²) in [6, 6.07) is 12.4. The van der Waals surface area contributed by atoms with E-state index in [1.807, 2.05) is 0 Å². The minimum absolute atomic E-state index is 0.0117. The van der Waals surface area contributed by atoms with E-state index < -0.39 is 17.3 Å². The number of aryl methyl sites for hydroxylation is 1. The molecule has 1 aliphatic heterocycles. The first kappa shape index (κ1) is 22.7. The van der Waals surface area contributed by atoms with E-state index in [1.165, 1.54) is 24.3 Å². The average Bonchev–Trinajstić information content (AvgIpc) is 3.19. The van der Waals surface area contributed by atoms with Gasteiger partial charge in [0.1, 0.15) is 5.82 Å². The van der Waals surface area contributed by atoms with E-state index in [0.717, 1.165) is 23.1 Å². The summed E-state index contributed by atoms with van der Waals surface area (Å²) in [5.74, 6) is 0.286. The maximum absolute atomic E-state index is 14.7. The summed E-state index contributed by atoms with van der Waals surface area (Å²) in [6.07, 6.45) is 0.876. The summed E-state index contributed by atoms with van der Waals surface area (Å²) in [5, 5.41) is 0. The van der Waals surface area contributed by atoms with Gasteiger partial charge in [0.15, 0.2) is 0 Å². The third kappa shape index (κ3) is 3.63. The lowest BCUT2D eigenvalue weighted by Crippen LogP contribution is -2.48. The Hall–Kier alpha value is -3.03. The summed E-state index contributed by atoms with van der Waals surface area (Å²) in [5.41, 5.74) is -1.65. The largest absolute Gasteiger partial charge is 0.426 e. The van der Waals surface area contributed by atoms with Gasteiger partial charge in [0.25, 0.3) is 0 Å². The Kier molecular flexibility index (Phi) is 5.37. The van der Waals surface area contributed by atoms with E-state index in [2.05, 4.69) is 14.9 Å². The van der Waals surface area contributed by atoms with Crippen LogP contribution in [0.5, 0.6) is 0 Å². The molecule has 3 aromatic rings. The first-order chi connectivity index (χ1) is 16.1. The molecule has 34 heavy (non-hydrogen) atoms. The van der Waals surface area contributed by atoms with Crippen LogP contribution in [0.3, 0.4) is 0 Å². The Labute approximate surface area is 194 Å². The van der Waals surface area contributed by atoms with E-state index in [4.69, 9.17) is 0 Å². The van der Waals surface area contributed by atoms with Crippen molar-refractivity contribution in [2.24, 2.45) is 0 Å². The molecule has 5 rings (SSSR count). The van der Waals surface area contributed by atoms with Gasteiger partial charge in [-0.1, -0.05) is 30.3 Å². The molecule has 1 aromatic heterocycles. The van der Waals surface area contributed by atoms with Gasteiger partial charge in [0.2, 0.25) is 11.6 Å². The normalized spacial score (nSPS) is 23.8. The van der Waals surface area contributed by atoms with Crippen molar-refractivity contribution in [3.05, 3.63) is 89.0 Å². The summed E-state index contributed by atoms with van der Waals surface area (Å²) in [6.45, 7) is 1.25. The van der Waals surface area contributed by atoms with E-state index in [-0.39, 0.29) is 17.4 Å². The fourth-order valence-corrected chi connectivity index (χ4v) is 5.67. The highest BCUT2D eigenvalue weighted by molar-refractivity contribution is 5.50. The van der Waals surface area contributed by atoms with Gasteiger partial charge in [-0.25, -0.2) is 18.7 Å². The highest BCUT2D eigenvalue weighted by Gasteiger charge is 2.55. The van der Waals surface area contributed by atoms with Crippen LogP contribution in [-0.2, 0) is 23.9 Å². The Morgan fingerprint density at radius 3 is 2.41 bits per heavy atom. The SMILES string of the molecule is CC(F)(c1ccc2c(c1)CC[C@H]1N(c3ncccn3)CC[C@@]21Cc1ccc(F)cc1)C(F)(F)F. The number of benzene rings is 2. The summed E-state index contributed by atoms with van der Waals surface area (Å²) < 4.78 is 68.4. The molecule has 0 spiro atoms. The predicted octanol–water partition coefficient (Wildman–Crippen LogP) is 6.07. The topological polar surface area (TPSA) is 29.0 Å². The van der Waals surface area contributed by atoms with Gasteiger partial charge < -0.3 is 4.90 Å². The quantitative estimate of drug-likeness (QED) is 0.431. The summed E-state index contributed by atoms with van der Waals surface area (Å²) in [7, 11) is 0. The third-order valence-electron chi connectivity index (χ3n) is 7.46. The third-order valence-corrected chi connectivity index (χ3v) is 7.46. The van der Waals surface area contributed by atoms with E-state index in [1.54, 1.807) is 36.7 Å². The number of rotatable bonds is 4. The van der Waals surface area contributed by atoms with Gasteiger partial charge in [-0.3, -0.25) is 0 Å². The van der Waals surface area contributed by atoms with Crippen molar-refractivity contribution in [2.75, 3.05) is 11.4 Å². The zero-order chi connectivity index (χ0) is 24.1. The zero-order valence-corrected chi connectivity index (χ0v) is 18.6. The van der Waals surface area contributed by atoms with E-state index in [9.17, 15) is 22.0 Å². The van der Waals surface area contributed by atoms with Crippen LogP contribution in [0.25, 0.3) is 0 Å². The molecule has 0 bridgehead atoms. The molecule has 2 heterocycles. The minimum Gasteiger partial charge on any atom is -0.337 e. The molecule has 3 atom stereocenters. The monoisotopic (exact) mass is 473 g/mol. The van der Waals surface area contributed by atoms with Crippen molar-refractivity contribution in [3.8, 4) is 0 Å². The van der Waals surface area contributed by atoms with Crippen LogP contribution in [0.1, 0.15) is 42.0 Å². The van der Waals surface area contributed by atoms with Crippen LogP contribution in [0.4, 0.5) is 27.9 Å². The van der Waals surface area contributed by atoms with E-state index in [0.29, 0.717) is 38.7 Å². The number of alkyl halides is 4. The molecule has 178 valence electrons. The lowest BCUT2D eigenvalue weighted by atomic mass is 9.63. The number of aromatic nitrogens is 2. The molecule has 0 N–H and O–H groups in total. The van der Waals surface area contributed by atoms with Crippen LogP contribution < -0.4 is 4.90 Å². The number of halogens is 5. The number of hydrogen-bond donors (Lipinski definition) is 0. The fraction of sp³-hybridized carbons (Fsp3) is 0.385. The van der Waals surface area contributed by atoms with Gasteiger partial charge in [0.05, 0.1) is 0 Å². The van der Waals surface area contributed by atoms with Crippen molar-refractivity contribution in [2.45, 2.75) is 55.9 Å². The van der Waals surface area contributed by atoms with Crippen molar-refractivity contribution in [1.82, 2.24) is 9.97 Å². The molecule has 1 saturated heterocycles. The molecule has 2 aromatic carbocycles. The Balaban J connectivity index is 1.60. The number of hydrogen-bond acceptors (Lipinski definition) is 3. The van der Waals surface area contributed by atoms with Crippen LogP contribution >= 0.6 is 0 Å². The van der Waals surface area contributed by atoms with Gasteiger partial charge in [-0.15, -0.1) is 0 Å². The lowest BCUT2D eigenvalue weighted by Gasteiger charge is -2.44. The van der Waals surface area contributed by atoms with Gasteiger partial charge in [0, 0.05) is 30.4 Å². The van der Waals surface area contributed by atoms with Crippen molar-refractivity contribution >= 4 is 5.95 Å². The standard InChI is InChI=1S/C26H24F5N3/c1-24(28,26(29,30)31)19-6-9-21-18(15-19)5-10-22-25(21,16-17-3-7-20(27)8-4-17)11-14-34(22)23-32-12-2-13-33-23/h2-4,6-9,12-13,15,22H,5,10-11,14,16H2,1H3/t22-,24?,25-/m1/s1. The maximum atomic E-state index is 14.7. The number of nitrogens with zero attached hydrogens (tertiary/aromatic N) is 3. The van der Waals surface area contributed by atoms with Crippen LogP contribution in [0, 0.1) is 5.82 Å². The first-order valence-electron chi connectivity index (χ1n) is 11.3. The van der Waals surface area contributed by atoms with Crippen LogP contribution in [-0.4, -0.2) is 28.7 Å². The fourth-order valence-electron chi connectivity index (χ4n) is 5.67. The van der Waals surface area contributed by atoms with Crippen LogP contribution in [0.2, 0.25) is 0 Å². The second-order valence-corrected chi connectivity index (χ2v) is 9.38. The van der Waals surface area contributed by atoms with Gasteiger partial charge in [-0.2, -0.15) is 13.2 Å². The molecule has 0 amide bonds. The first-order valence-corrected chi connectivity index (χ1v) is 11.3. The van der Waals surface area contributed by atoms with Gasteiger partial charge in [-0.05, 0) is 73.1 Å². The molecular formula is C26H24F5N3. The zero-order valence-electron chi connectivity index (χ0n) is 18.6. The molecule has 2 aliphatic rings. The minimum atomic E-state index is -5.00. The summed E-state index contributed by atoms with van der Waals surface area (Å²) >= 11 is 0. The van der Waals surface area contributed by atoms with E-state index >= 15 is 0 Å². The molecule has 0 saturated carbocycles. The highest BCUT2D eigenvalue weighted by atomic mass is 19.4. The highest BCUT2D eigenvalue weighted by Crippen LogP contribution is 2.51. The molecular weight excluding hydrogens is 449 g/mol. The Bertz CT molecular complexity index is 1180. The van der Waals surface area contributed by atoms with Crippen molar-refractivity contribution in [1.29, 1.82) is 0 Å². The predicted molar refractivity (Wildman–Crippen MR) is 119 cm³/mol. The molecule has 0 radical (unpaired) electrons. The molecule has 1 aliphatic carbocycles. The van der Waals surface area contributed by atoms with Crippen LogP contribution in [0.15, 0.2) is 60.9 Å². The molecule has 8 heteroatoms. The second-order valence-electron chi connectivity index (χ2n) is 9.38. The lowest BCUT2D eigenvalue weighted by molar-refractivity contribution is -0.228. The smallest absolute Gasteiger partial charge is 0.337 e. The Morgan fingerprint density at radius 2 is 1.74 bits per heavy atom.